The number of aliphatic hydroxyl groups is 1. The minimum atomic E-state index is -0.793. The summed E-state index contributed by atoms with van der Waals surface area (Å²) in [5.41, 5.74) is 1.20. The summed E-state index contributed by atoms with van der Waals surface area (Å²) in [6.45, 7) is 0.762. The van der Waals surface area contributed by atoms with Crippen molar-refractivity contribution in [3.8, 4) is 5.75 Å². The highest BCUT2D eigenvalue weighted by Crippen LogP contribution is 2.57. The second-order valence-electron chi connectivity index (χ2n) is 9.47. The number of aliphatic carboxylic acids is 1. The molecule has 4 rings (SSSR count). The van der Waals surface area contributed by atoms with Crippen LogP contribution in [0.25, 0.3) is 0 Å². The van der Waals surface area contributed by atoms with Crippen molar-refractivity contribution in [2.24, 2.45) is 11.8 Å². The van der Waals surface area contributed by atoms with Crippen molar-refractivity contribution in [3.63, 3.8) is 0 Å². The first-order valence-corrected chi connectivity index (χ1v) is 12.3. The monoisotopic (exact) mass is 480 g/mol. The summed E-state index contributed by atoms with van der Waals surface area (Å²) in [6, 6.07) is 16.2. The van der Waals surface area contributed by atoms with Crippen molar-refractivity contribution < 1.29 is 28.9 Å². The summed E-state index contributed by atoms with van der Waals surface area (Å²) in [4.78, 5) is 10.7. The zero-order valence-electron chi connectivity index (χ0n) is 19.8. The summed E-state index contributed by atoms with van der Waals surface area (Å²) in [5.74, 6) is -0.132. The number of halogens is 1. The highest BCUT2D eigenvalue weighted by Gasteiger charge is 2.58. The third kappa shape index (κ3) is 6.19. The lowest BCUT2D eigenvalue weighted by molar-refractivity contribution is -0.137. The molecule has 2 bridgehead atoms. The Morgan fingerprint density at radius 2 is 1.94 bits per heavy atom. The van der Waals surface area contributed by atoms with E-state index in [9.17, 15) is 14.3 Å². The predicted octanol–water partition coefficient (Wildman–Crippen LogP) is 5.30. The largest absolute Gasteiger partial charge is 0.491 e. The number of fused-ring (bicyclic) bond motifs is 2. The van der Waals surface area contributed by atoms with Crippen LogP contribution in [0.3, 0.4) is 0 Å². The van der Waals surface area contributed by atoms with E-state index in [2.05, 4.69) is 42.5 Å². The third-order valence-corrected chi connectivity index (χ3v) is 7.18. The lowest BCUT2D eigenvalue weighted by Crippen LogP contribution is -2.39. The van der Waals surface area contributed by atoms with Crippen LogP contribution in [0.4, 0.5) is 4.39 Å². The second-order valence-corrected chi connectivity index (χ2v) is 9.47. The molecule has 186 valence electrons. The number of carbonyl (C=O) groups is 1. The molecule has 1 saturated heterocycles. The molecular weight excluding hydrogens is 447 g/mol. The van der Waals surface area contributed by atoms with Gasteiger partial charge in [0.15, 0.2) is 0 Å². The summed E-state index contributed by atoms with van der Waals surface area (Å²) in [5, 5.41) is 19.3. The Labute approximate surface area is 205 Å². The van der Waals surface area contributed by atoms with Gasteiger partial charge < -0.3 is 19.7 Å². The molecule has 2 N–H and O–H groups in total. The van der Waals surface area contributed by atoms with E-state index in [0.29, 0.717) is 24.7 Å². The number of unbranched alkanes of at least 4 members (excludes halogenated alkanes) is 1. The maximum Gasteiger partial charge on any atom is 0.303 e. The Kier molecular flexibility index (Phi) is 8.37. The molecule has 0 spiro atoms. The minimum absolute atomic E-state index is 0.0814. The van der Waals surface area contributed by atoms with Crippen molar-refractivity contribution in [2.45, 2.75) is 49.7 Å². The molecule has 1 heterocycles. The molecule has 1 saturated carbocycles. The van der Waals surface area contributed by atoms with Crippen molar-refractivity contribution >= 4 is 5.97 Å². The van der Waals surface area contributed by atoms with Gasteiger partial charge in [-0.05, 0) is 61.4 Å². The number of benzene rings is 2. The number of rotatable bonds is 12. The van der Waals surface area contributed by atoms with Gasteiger partial charge in [0, 0.05) is 17.8 Å². The first-order valence-electron chi connectivity index (χ1n) is 12.3. The van der Waals surface area contributed by atoms with Gasteiger partial charge in [0.25, 0.3) is 0 Å². The van der Waals surface area contributed by atoms with Gasteiger partial charge in [-0.25, -0.2) is 4.39 Å². The van der Waals surface area contributed by atoms with Crippen LogP contribution in [0.2, 0.25) is 0 Å². The summed E-state index contributed by atoms with van der Waals surface area (Å²) in [7, 11) is 0. The molecule has 5 nitrogen and oxygen atoms in total. The average molecular weight is 481 g/mol. The molecule has 5 atom stereocenters. The fourth-order valence-electron chi connectivity index (χ4n) is 5.45. The SMILES string of the molecule is O=C(O)CCCC=CC[C@H]1[C@H](C=C[C@@H](O)COc2ccc(F)cc2)[C@@H]2C[C@@]1(c1ccccc1)CO2. The molecule has 0 radical (unpaired) electrons. The molecule has 0 amide bonds. The van der Waals surface area contributed by atoms with Gasteiger partial charge in [-0.1, -0.05) is 54.6 Å². The van der Waals surface area contributed by atoms with E-state index in [1.165, 1.54) is 29.8 Å². The van der Waals surface area contributed by atoms with E-state index < -0.39 is 12.1 Å². The Morgan fingerprint density at radius 1 is 1.17 bits per heavy atom. The van der Waals surface area contributed by atoms with Crippen LogP contribution in [-0.4, -0.2) is 41.6 Å². The lowest BCUT2D eigenvalue weighted by atomic mass is 9.69. The van der Waals surface area contributed by atoms with Crippen LogP contribution in [0.15, 0.2) is 78.9 Å². The molecule has 2 fully saturated rings. The van der Waals surface area contributed by atoms with Crippen LogP contribution in [0, 0.1) is 17.7 Å². The molecule has 0 aromatic heterocycles. The van der Waals surface area contributed by atoms with Gasteiger partial charge in [0.1, 0.15) is 24.3 Å². The molecular formula is C29H33FO5. The van der Waals surface area contributed by atoms with Gasteiger partial charge in [-0.15, -0.1) is 0 Å². The van der Waals surface area contributed by atoms with Crippen LogP contribution in [0.5, 0.6) is 5.75 Å². The van der Waals surface area contributed by atoms with E-state index in [0.717, 1.165) is 19.3 Å². The lowest BCUT2D eigenvalue weighted by Gasteiger charge is -2.38. The van der Waals surface area contributed by atoms with Crippen molar-refractivity contribution in [1.29, 1.82) is 0 Å². The quantitative estimate of drug-likeness (QED) is 0.319. The highest BCUT2D eigenvalue weighted by atomic mass is 19.1. The van der Waals surface area contributed by atoms with Crippen LogP contribution < -0.4 is 4.74 Å². The zero-order valence-corrected chi connectivity index (χ0v) is 19.8. The van der Waals surface area contributed by atoms with Crippen molar-refractivity contribution in [3.05, 3.63) is 90.3 Å². The van der Waals surface area contributed by atoms with Gasteiger partial charge in [0.2, 0.25) is 0 Å². The predicted molar refractivity (Wildman–Crippen MR) is 132 cm³/mol. The fourth-order valence-corrected chi connectivity index (χ4v) is 5.45. The van der Waals surface area contributed by atoms with Gasteiger partial charge in [-0.2, -0.15) is 0 Å². The van der Waals surface area contributed by atoms with Gasteiger partial charge >= 0.3 is 5.97 Å². The topological polar surface area (TPSA) is 76.0 Å². The summed E-state index contributed by atoms with van der Waals surface area (Å²) < 4.78 is 24.9. The summed E-state index contributed by atoms with van der Waals surface area (Å²) >= 11 is 0. The Bertz CT molecular complexity index is 1020. The molecule has 35 heavy (non-hydrogen) atoms. The molecule has 0 unspecified atom stereocenters. The van der Waals surface area contributed by atoms with Crippen molar-refractivity contribution in [1.82, 2.24) is 0 Å². The summed E-state index contributed by atoms with van der Waals surface area (Å²) in [6.07, 6.45) is 10.8. The number of carboxylic acids is 1. The maximum absolute atomic E-state index is 13.1. The normalized spacial score (nSPS) is 26.5. The second kappa shape index (κ2) is 11.6. The standard InChI is InChI=1S/C29H33FO5/c30-22-12-15-24(16-13-22)34-19-23(31)14-17-25-26(10-6-1-2-7-11-28(32)33)29(18-27(25)35-20-29)21-8-4-3-5-9-21/h1,3-6,8-9,12-17,23,25-27,31H,2,7,10-11,18-20H2,(H,32,33)/t23-,25+,26+,27+,29+/m1/s1. The first-order chi connectivity index (χ1) is 17.0. The van der Waals surface area contributed by atoms with Crippen LogP contribution >= 0.6 is 0 Å². The maximum atomic E-state index is 13.1. The van der Waals surface area contributed by atoms with E-state index in [1.807, 2.05) is 6.07 Å². The molecule has 2 aromatic rings. The Morgan fingerprint density at radius 3 is 2.69 bits per heavy atom. The number of ether oxygens (including phenoxy) is 2. The van der Waals surface area contributed by atoms with Crippen LogP contribution in [0.1, 0.15) is 37.7 Å². The van der Waals surface area contributed by atoms with E-state index in [1.54, 1.807) is 6.08 Å². The van der Waals surface area contributed by atoms with Crippen LogP contribution in [-0.2, 0) is 14.9 Å². The fraction of sp³-hybridized carbons (Fsp3) is 0.414. The first kappa shape index (κ1) is 25.1. The number of aliphatic hydroxyl groups excluding tert-OH is 1. The highest BCUT2D eigenvalue weighted by molar-refractivity contribution is 5.66. The van der Waals surface area contributed by atoms with Gasteiger partial charge in [0.05, 0.1) is 12.7 Å². The Hall–Kier alpha value is -2.96. The molecule has 2 aliphatic rings. The third-order valence-electron chi connectivity index (χ3n) is 7.18. The number of allylic oxidation sites excluding steroid dienone is 2. The van der Waals surface area contributed by atoms with Gasteiger partial charge in [-0.3, -0.25) is 4.79 Å². The zero-order chi connectivity index (χ0) is 24.7. The number of hydrogen-bond acceptors (Lipinski definition) is 4. The smallest absolute Gasteiger partial charge is 0.303 e. The van der Waals surface area contributed by atoms with E-state index in [4.69, 9.17) is 14.6 Å². The average Bonchev–Trinajstić information content (AvgIpc) is 3.43. The molecule has 1 aliphatic carbocycles. The molecule has 2 aromatic carbocycles. The minimum Gasteiger partial charge on any atom is -0.491 e. The van der Waals surface area contributed by atoms with E-state index in [-0.39, 0.29) is 36.3 Å². The number of carboxylic acid groups (broad SMARTS) is 1. The number of hydrogen-bond donors (Lipinski definition) is 2. The van der Waals surface area contributed by atoms with Crippen molar-refractivity contribution in [2.75, 3.05) is 13.2 Å². The molecule has 1 aliphatic heterocycles. The van der Waals surface area contributed by atoms with E-state index >= 15 is 0 Å². The molecule has 6 heteroatoms. The Balaban J connectivity index is 1.43.